The van der Waals surface area contributed by atoms with Gasteiger partial charge in [-0.1, -0.05) is 30.0 Å². The molecule has 1 amide bonds. The Morgan fingerprint density at radius 1 is 1.27 bits per heavy atom. The standard InChI is InChI=1S/C18H15FN2O3S2/c1-11(17(23)20-13-6-4-5-12(19)9-13)24-16(22)10-25-18-21-14-7-2-3-8-15(14)26-18/h2-9,11H,10H2,1H3,(H,20,23). The molecule has 0 fully saturated rings. The van der Waals surface area contributed by atoms with Crippen LogP contribution < -0.4 is 5.32 Å². The predicted molar refractivity (Wildman–Crippen MR) is 101 cm³/mol. The first-order chi connectivity index (χ1) is 12.5. The van der Waals surface area contributed by atoms with Crippen molar-refractivity contribution in [1.82, 2.24) is 4.98 Å². The first-order valence-corrected chi connectivity index (χ1v) is 9.56. The lowest BCUT2D eigenvalue weighted by molar-refractivity contribution is -0.150. The molecule has 1 heterocycles. The summed E-state index contributed by atoms with van der Waals surface area (Å²) < 4.78 is 20.1. The monoisotopic (exact) mass is 390 g/mol. The minimum atomic E-state index is -0.985. The maximum absolute atomic E-state index is 13.1. The SMILES string of the molecule is CC(OC(=O)CSc1nc2ccccc2s1)C(=O)Nc1cccc(F)c1. The van der Waals surface area contributed by atoms with E-state index >= 15 is 0 Å². The summed E-state index contributed by atoms with van der Waals surface area (Å²) in [5.74, 6) is -1.44. The number of benzene rings is 2. The number of halogens is 1. The number of rotatable bonds is 6. The quantitative estimate of drug-likeness (QED) is 0.507. The van der Waals surface area contributed by atoms with Crippen molar-refractivity contribution < 1.29 is 18.7 Å². The highest BCUT2D eigenvalue weighted by molar-refractivity contribution is 8.01. The summed E-state index contributed by atoms with van der Waals surface area (Å²) in [5.41, 5.74) is 1.19. The van der Waals surface area contributed by atoms with Crippen LogP contribution in [-0.4, -0.2) is 28.7 Å². The zero-order valence-corrected chi connectivity index (χ0v) is 15.4. The smallest absolute Gasteiger partial charge is 0.317 e. The summed E-state index contributed by atoms with van der Waals surface area (Å²) in [5, 5.41) is 2.51. The summed E-state index contributed by atoms with van der Waals surface area (Å²) in [6, 6.07) is 13.2. The number of thioether (sulfide) groups is 1. The van der Waals surface area contributed by atoms with E-state index in [4.69, 9.17) is 4.74 Å². The van der Waals surface area contributed by atoms with Crippen molar-refractivity contribution in [3.8, 4) is 0 Å². The van der Waals surface area contributed by atoms with Gasteiger partial charge in [0.2, 0.25) is 0 Å². The second kappa shape index (κ2) is 8.29. The van der Waals surface area contributed by atoms with Crippen molar-refractivity contribution in [2.75, 3.05) is 11.1 Å². The number of ether oxygens (including phenoxy) is 1. The van der Waals surface area contributed by atoms with Gasteiger partial charge in [-0.05, 0) is 37.3 Å². The topological polar surface area (TPSA) is 68.3 Å². The molecule has 3 rings (SSSR count). The molecular weight excluding hydrogens is 375 g/mol. The van der Waals surface area contributed by atoms with E-state index in [1.54, 1.807) is 6.07 Å². The van der Waals surface area contributed by atoms with E-state index in [1.807, 2.05) is 24.3 Å². The van der Waals surface area contributed by atoms with Crippen molar-refractivity contribution in [2.45, 2.75) is 17.4 Å². The maximum atomic E-state index is 13.1. The molecule has 0 aliphatic heterocycles. The summed E-state index contributed by atoms with van der Waals surface area (Å²) in [6.45, 7) is 1.47. The number of anilines is 1. The first-order valence-electron chi connectivity index (χ1n) is 7.75. The Hall–Kier alpha value is -2.45. The molecule has 0 radical (unpaired) electrons. The van der Waals surface area contributed by atoms with E-state index in [2.05, 4.69) is 10.3 Å². The molecule has 0 spiro atoms. The van der Waals surface area contributed by atoms with Gasteiger partial charge < -0.3 is 10.1 Å². The van der Waals surface area contributed by atoms with Crippen LogP contribution in [0.15, 0.2) is 52.9 Å². The fourth-order valence-corrected chi connectivity index (χ4v) is 3.98. The molecule has 1 atom stereocenters. The second-order valence-electron chi connectivity index (χ2n) is 5.37. The van der Waals surface area contributed by atoms with E-state index < -0.39 is 23.8 Å². The molecule has 0 saturated carbocycles. The van der Waals surface area contributed by atoms with Gasteiger partial charge >= 0.3 is 5.97 Å². The van der Waals surface area contributed by atoms with Crippen LogP contribution in [0.1, 0.15) is 6.92 Å². The lowest BCUT2D eigenvalue weighted by Gasteiger charge is -2.13. The number of para-hydroxylation sites is 1. The molecule has 3 aromatic rings. The molecule has 1 aromatic heterocycles. The van der Waals surface area contributed by atoms with Crippen LogP contribution in [0.2, 0.25) is 0 Å². The number of fused-ring (bicyclic) bond motifs is 1. The van der Waals surface area contributed by atoms with Gasteiger partial charge in [-0.15, -0.1) is 11.3 Å². The third-order valence-corrected chi connectivity index (χ3v) is 5.51. The number of thiazole rings is 1. The van der Waals surface area contributed by atoms with Gasteiger partial charge in [0.05, 0.1) is 16.0 Å². The van der Waals surface area contributed by atoms with E-state index in [9.17, 15) is 14.0 Å². The number of aromatic nitrogens is 1. The van der Waals surface area contributed by atoms with Crippen molar-refractivity contribution in [1.29, 1.82) is 0 Å². The number of hydrogen-bond acceptors (Lipinski definition) is 6. The van der Waals surface area contributed by atoms with Crippen molar-refractivity contribution in [3.63, 3.8) is 0 Å². The number of amides is 1. The Labute approximate surface area is 157 Å². The number of nitrogens with zero attached hydrogens (tertiary/aromatic N) is 1. The molecule has 1 unspecified atom stereocenters. The van der Waals surface area contributed by atoms with Gasteiger partial charge in [0.25, 0.3) is 5.91 Å². The summed E-state index contributed by atoms with van der Waals surface area (Å²) >= 11 is 2.76. The molecule has 26 heavy (non-hydrogen) atoms. The van der Waals surface area contributed by atoms with Gasteiger partial charge in [0.1, 0.15) is 5.82 Å². The van der Waals surface area contributed by atoms with E-state index in [0.717, 1.165) is 14.6 Å². The third-order valence-electron chi connectivity index (χ3n) is 3.36. The first kappa shape index (κ1) is 18.3. The fourth-order valence-electron chi connectivity index (χ4n) is 2.13. The molecule has 5 nitrogen and oxygen atoms in total. The van der Waals surface area contributed by atoms with Gasteiger partial charge in [0.15, 0.2) is 10.4 Å². The number of esters is 1. The minimum Gasteiger partial charge on any atom is -0.452 e. The summed E-state index contributed by atoms with van der Waals surface area (Å²) in [4.78, 5) is 28.4. The number of carbonyl (C=O) groups is 2. The molecule has 0 bridgehead atoms. The van der Waals surface area contributed by atoms with Crippen LogP contribution in [0.5, 0.6) is 0 Å². The Morgan fingerprint density at radius 2 is 2.08 bits per heavy atom. The van der Waals surface area contributed by atoms with Gasteiger partial charge in [-0.2, -0.15) is 0 Å². The molecule has 1 N–H and O–H groups in total. The summed E-state index contributed by atoms with van der Waals surface area (Å²) in [6.07, 6.45) is -0.985. The Bertz CT molecular complexity index is 912. The van der Waals surface area contributed by atoms with Gasteiger partial charge in [-0.3, -0.25) is 9.59 Å². The molecular formula is C18H15FN2O3S2. The lowest BCUT2D eigenvalue weighted by atomic mass is 10.3. The lowest BCUT2D eigenvalue weighted by Crippen LogP contribution is -2.30. The number of hydrogen-bond donors (Lipinski definition) is 1. The largest absolute Gasteiger partial charge is 0.452 e. The average molecular weight is 390 g/mol. The van der Waals surface area contributed by atoms with Crippen LogP contribution in [0, 0.1) is 5.82 Å². The predicted octanol–water partition coefficient (Wildman–Crippen LogP) is 4.10. The fraction of sp³-hybridized carbons (Fsp3) is 0.167. The Balaban J connectivity index is 1.49. The minimum absolute atomic E-state index is 0.0530. The Kier molecular flexibility index (Phi) is 5.85. The molecule has 134 valence electrons. The number of carbonyl (C=O) groups excluding carboxylic acids is 2. The highest BCUT2D eigenvalue weighted by Gasteiger charge is 2.18. The van der Waals surface area contributed by atoms with Crippen molar-refractivity contribution >= 4 is 50.9 Å². The van der Waals surface area contributed by atoms with Gasteiger partial charge in [-0.25, -0.2) is 9.37 Å². The second-order valence-corrected chi connectivity index (χ2v) is 7.62. The highest BCUT2D eigenvalue weighted by Crippen LogP contribution is 2.29. The van der Waals surface area contributed by atoms with Crippen LogP contribution in [0.25, 0.3) is 10.2 Å². The molecule has 2 aromatic carbocycles. The average Bonchev–Trinajstić information content (AvgIpc) is 3.03. The zero-order chi connectivity index (χ0) is 18.5. The maximum Gasteiger partial charge on any atom is 0.317 e. The van der Waals surface area contributed by atoms with Crippen LogP contribution >= 0.6 is 23.1 Å². The summed E-state index contributed by atoms with van der Waals surface area (Å²) in [7, 11) is 0. The van der Waals surface area contributed by atoms with Gasteiger partial charge in [0, 0.05) is 5.69 Å². The van der Waals surface area contributed by atoms with Crippen LogP contribution in [-0.2, 0) is 14.3 Å². The number of nitrogens with one attached hydrogen (secondary N) is 1. The van der Waals surface area contributed by atoms with Crippen molar-refractivity contribution in [2.24, 2.45) is 0 Å². The molecule has 8 heteroatoms. The molecule has 0 aliphatic carbocycles. The molecule has 0 aliphatic rings. The third kappa shape index (κ3) is 4.80. The molecule has 0 saturated heterocycles. The van der Waals surface area contributed by atoms with E-state index in [0.29, 0.717) is 5.69 Å². The van der Waals surface area contributed by atoms with E-state index in [-0.39, 0.29) is 5.75 Å². The zero-order valence-electron chi connectivity index (χ0n) is 13.8. The van der Waals surface area contributed by atoms with Crippen LogP contribution in [0.4, 0.5) is 10.1 Å². The van der Waals surface area contributed by atoms with E-state index in [1.165, 1.54) is 48.2 Å². The normalized spacial score (nSPS) is 11.9. The van der Waals surface area contributed by atoms with Crippen LogP contribution in [0.3, 0.4) is 0 Å². The Morgan fingerprint density at radius 3 is 2.85 bits per heavy atom. The highest BCUT2D eigenvalue weighted by atomic mass is 32.2. The van der Waals surface area contributed by atoms with Crippen molar-refractivity contribution in [3.05, 3.63) is 54.3 Å².